The Bertz CT molecular complexity index is 1310. The minimum Gasteiger partial charge on any atom is -0.756 e. The van der Waals surface area contributed by atoms with Crippen molar-refractivity contribution in [3.05, 3.63) is 0 Å². The monoisotopic (exact) mass is 1150 g/mol. The molecule has 9 nitrogen and oxygen atoms in total. The van der Waals surface area contributed by atoms with Gasteiger partial charge in [0.25, 0.3) is 7.82 Å². The van der Waals surface area contributed by atoms with Crippen LogP contribution in [0.1, 0.15) is 386 Å². The number of ether oxygens (including phenoxy) is 2. The van der Waals surface area contributed by atoms with Gasteiger partial charge in [-0.3, -0.25) is 14.2 Å². The number of rotatable bonds is 68. The fourth-order valence-corrected chi connectivity index (χ4v) is 11.9. The number of hydrogen-bond donors (Lipinski definition) is 0. The van der Waals surface area contributed by atoms with Crippen LogP contribution in [0.2, 0.25) is 0 Å². The zero-order valence-electron chi connectivity index (χ0n) is 54.6. The SMILES string of the molecule is CCCCCCCCCCCCCCCCCCCCCCCCCCCCCCCC(=O)OC(COC(=O)CCCCCCCCCCCCCCCCCCCCCCCCCCCCC)COP(=O)([O-])OCC[N+](C)(C)C. The molecule has 0 aliphatic heterocycles. The van der Waals surface area contributed by atoms with E-state index in [1.165, 1.54) is 321 Å². The molecule has 0 N–H and O–H groups in total. The number of carbonyl (C=O) groups excluding carboxylic acids is 2. The Labute approximate surface area is 499 Å². The number of hydrogen-bond acceptors (Lipinski definition) is 8. The van der Waals surface area contributed by atoms with E-state index in [0.29, 0.717) is 17.4 Å². The van der Waals surface area contributed by atoms with Crippen LogP contribution < -0.4 is 4.89 Å². The van der Waals surface area contributed by atoms with Gasteiger partial charge in [0.1, 0.15) is 19.8 Å². The number of quaternary nitrogens is 1. The van der Waals surface area contributed by atoms with Crippen LogP contribution in [0.3, 0.4) is 0 Å². The lowest BCUT2D eigenvalue weighted by atomic mass is 10.0. The largest absolute Gasteiger partial charge is 0.756 e. The summed E-state index contributed by atoms with van der Waals surface area (Å²) < 4.78 is 34.4. The fourth-order valence-electron chi connectivity index (χ4n) is 11.1. The van der Waals surface area contributed by atoms with Crippen LogP contribution >= 0.6 is 7.82 Å². The van der Waals surface area contributed by atoms with Crippen molar-refractivity contribution in [3.8, 4) is 0 Å². The lowest BCUT2D eigenvalue weighted by Gasteiger charge is -2.28. The second kappa shape index (κ2) is 62.5. The molecule has 0 aromatic rings. The molecule has 0 bridgehead atoms. The Morgan fingerprint density at radius 1 is 0.338 bits per heavy atom. The normalized spacial score (nSPS) is 13.0. The van der Waals surface area contributed by atoms with E-state index in [0.717, 1.165) is 32.1 Å². The predicted molar refractivity (Wildman–Crippen MR) is 342 cm³/mol. The number of phosphoric ester groups is 1. The molecule has 80 heavy (non-hydrogen) atoms. The van der Waals surface area contributed by atoms with E-state index in [9.17, 15) is 19.0 Å². The van der Waals surface area contributed by atoms with Crippen molar-refractivity contribution in [3.63, 3.8) is 0 Å². The quantitative estimate of drug-likeness (QED) is 0.0256. The number of nitrogens with zero attached hydrogens (tertiary/aromatic N) is 1. The van der Waals surface area contributed by atoms with Crippen molar-refractivity contribution in [1.29, 1.82) is 0 Å². The van der Waals surface area contributed by atoms with Gasteiger partial charge in [-0.15, -0.1) is 0 Å². The highest BCUT2D eigenvalue weighted by Crippen LogP contribution is 2.38. The van der Waals surface area contributed by atoms with Crippen molar-refractivity contribution in [2.45, 2.75) is 392 Å². The third-order valence-electron chi connectivity index (χ3n) is 16.6. The molecule has 0 radical (unpaired) electrons. The van der Waals surface area contributed by atoms with Crippen molar-refractivity contribution < 1.29 is 42.1 Å². The van der Waals surface area contributed by atoms with Gasteiger partial charge in [-0.1, -0.05) is 361 Å². The minimum atomic E-state index is -4.63. The summed E-state index contributed by atoms with van der Waals surface area (Å²) in [5, 5.41) is 0. The summed E-state index contributed by atoms with van der Waals surface area (Å²) in [6.07, 6.45) is 74.8. The highest BCUT2D eigenvalue weighted by Gasteiger charge is 2.22. The molecule has 0 fully saturated rings. The Morgan fingerprint density at radius 3 is 0.800 bits per heavy atom. The van der Waals surface area contributed by atoms with Crippen molar-refractivity contribution >= 4 is 19.8 Å². The molecule has 0 spiro atoms. The lowest BCUT2D eigenvalue weighted by Crippen LogP contribution is -2.37. The summed E-state index contributed by atoms with van der Waals surface area (Å²) in [6.45, 7) is 4.34. The van der Waals surface area contributed by atoms with Crippen LogP contribution in [0.4, 0.5) is 0 Å². The number of unbranched alkanes of at least 4 members (excludes halogenated alkanes) is 54. The highest BCUT2D eigenvalue weighted by atomic mass is 31.2. The van der Waals surface area contributed by atoms with Gasteiger partial charge in [-0.25, -0.2) is 0 Å². The number of likely N-dealkylation sites (N-methyl/N-ethyl adjacent to an activating group) is 1. The zero-order chi connectivity index (χ0) is 58.4. The Balaban J connectivity index is 3.96. The van der Waals surface area contributed by atoms with Gasteiger partial charge < -0.3 is 27.9 Å². The molecule has 10 heteroatoms. The van der Waals surface area contributed by atoms with Gasteiger partial charge in [0.05, 0.1) is 27.7 Å². The molecule has 2 unspecified atom stereocenters. The first-order valence-electron chi connectivity index (χ1n) is 35.7. The number of carbonyl (C=O) groups is 2. The van der Waals surface area contributed by atoms with E-state index in [1.807, 2.05) is 21.1 Å². The van der Waals surface area contributed by atoms with Crippen LogP contribution in [-0.4, -0.2) is 70.0 Å². The van der Waals surface area contributed by atoms with Crippen molar-refractivity contribution in [1.82, 2.24) is 0 Å². The minimum absolute atomic E-state index is 0.0248. The standard InChI is InChI=1S/C70H140NO8P/c1-6-8-10-12-14-16-18-20-22-24-26-28-30-32-34-35-37-39-41-43-45-47-49-51-53-55-57-59-61-63-70(73)79-68(67-78-80(74,75)77-65-64-71(3,4)5)66-76-69(72)62-60-58-56-54-52-50-48-46-44-42-40-38-36-33-31-29-27-25-23-21-19-17-15-13-11-9-7-2/h68H,6-67H2,1-5H3. The van der Waals surface area contributed by atoms with Gasteiger partial charge in [0.15, 0.2) is 6.10 Å². The van der Waals surface area contributed by atoms with E-state index in [-0.39, 0.29) is 32.0 Å². The maximum atomic E-state index is 12.9. The molecule has 0 heterocycles. The van der Waals surface area contributed by atoms with Gasteiger partial charge >= 0.3 is 11.9 Å². The predicted octanol–water partition coefficient (Wildman–Crippen LogP) is 22.3. The Hall–Kier alpha value is -0.990. The third-order valence-corrected chi connectivity index (χ3v) is 17.6. The molecule has 0 aromatic carbocycles. The maximum Gasteiger partial charge on any atom is 0.306 e. The third kappa shape index (κ3) is 66.2. The van der Waals surface area contributed by atoms with Gasteiger partial charge in [-0.05, 0) is 12.8 Å². The summed E-state index contributed by atoms with van der Waals surface area (Å²) in [4.78, 5) is 38.1. The van der Waals surface area contributed by atoms with E-state index < -0.39 is 26.5 Å². The summed E-state index contributed by atoms with van der Waals surface area (Å²) in [5.74, 6) is -0.803. The molecule has 0 saturated heterocycles. The van der Waals surface area contributed by atoms with Crippen molar-refractivity contribution in [2.24, 2.45) is 0 Å². The summed E-state index contributed by atoms with van der Waals surface area (Å²) in [6, 6.07) is 0. The highest BCUT2D eigenvalue weighted by molar-refractivity contribution is 7.45. The first-order valence-corrected chi connectivity index (χ1v) is 37.2. The molecule has 2 atom stereocenters. The molecule has 0 aromatic heterocycles. The molecule has 0 amide bonds. The molecular formula is C70H140NO8P. The average Bonchev–Trinajstić information content (AvgIpc) is 3.42. The summed E-state index contributed by atoms with van der Waals surface area (Å²) in [7, 11) is 1.20. The second-order valence-corrected chi connectivity index (χ2v) is 27.4. The average molecular weight is 1150 g/mol. The second-order valence-electron chi connectivity index (χ2n) is 26.0. The van der Waals surface area contributed by atoms with E-state index in [2.05, 4.69) is 13.8 Å². The zero-order valence-corrected chi connectivity index (χ0v) is 55.5. The van der Waals surface area contributed by atoms with Gasteiger partial charge in [0, 0.05) is 12.8 Å². The van der Waals surface area contributed by atoms with Crippen LogP contribution in [-0.2, 0) is 32.7 Å². The fraction of sp³-hybridized carbons (Fsp3) is 0.971. The molecular weight excluding hydrogens is 1010 g/mol. The van der Waals surface area contributed by atoms with Crippen molar-refractivity contribution in [2.75, 3.05) is 47.5 Å². The molecule has 0 aliphatic carbocycles. The van der Waals surface area contributed by atoms with Crippen LogP contribution in [0.25, 0.3) is 0 Å². The summed E-state index contributed by atoms with van der Waals surface area (Å²) >= 11 is 0. The molecule has 0 aliphatic rings. The van der Waals surface area contributed by atoms with Gasteiger partial charge in [0.2, 0.25) is 0 Å². The smallest absolute Gasteiger partial charge is 0.306 e. The Morgan fingerprint density at radius 2 is 0.562 bits per heavy atom. The lowest BCUT2D eigenvalue weighted by molar-refractivity contribution is -0.870. The van der Waals surface area contributed by atoms with E-state index in [1.54, 1.807) is 0 Å². The number of phosphoric acid groups is 1. The molecule has 0 saturated carbocycles. The number of esters is 2. The summed E-state index contributed by atoms with van der Waals surface area (Å²) in [5.41, 5.74) is 0. The van der Waals surface area contributed by atoms with Crippen LogP contribution in [0.15, 0.2) is 0 Å². The topological polar surface area (TPSA) is 111 Å². The van der Waals surface area contributed by atoms with Gasteiger partial charge in [-0.2, -0.15) is 0 Å². The van der Waals surface area contributed by atoms with E-state index in [4.69, 9.17) is 18.5 Å². The first-order chi connectivity index (χ1) is 39.0. The maximum absolute atomic E-state index is 12.9. The van der Waals surface area contributed by atoms with Crippen LogP contribution in [0, 0.1) is 0 Å². The van der Waals surface area contributed by atoms with E-state index >= 15 is 0 Å². The van der Waals surface area contributed by atoms with Crippen LogP contribution in [0.5, 0.6) is 0 Å². The molecule has 478 valence electrons. The first kappa shape index (κ1) is 79.0. The molecule has 0 rings (SSSR count). The Kier molecular flexibility index (Phi) is 61.8.